The highest BCUT2D eigenvalue weighted by Crippen LogP contribution is 2.40. The lowest BCUT2D eigenvalue weighted by Gasteiger charge is -2.27. The molecule has 3 heterocycles. The van der Waals surface area contributed by atoms with Crippen molar-refractivity contribution in [2.45, 2.75) is 44.3 Å². The van der Waals surface area contributed by atoms with E-state index in [0.29, 0.717) is 17.2 Å². The number of methoxy groups -OCH3 is 1. The second-order valence-electron chi connectivity index (χ2n) is 10.6. The lowest BCUT2D eigenvalue weighted by molar-refractivity contribution is 0.0700. The van der Waals surface area contributed by atoms with Crippen LogP contribution >= 0.6 is 0 Å². The second kappa shape index (κ2) is 7.59. The summed E-state index contributed by atoms with van der Waals surface area (Å²) >= 11 is 0. The molecule has 0 unspecified atom stereocenters. The average molecular weight is 470 g/mol. The van der Waals surface area contributed by atoms with Gasteiger partial charge in [-0.3, -0.25) is 4.79 Å². The van der Waals surface area contributed by atoms with Crippen molar-refractivity contribution in [3.63, 3.8) is 0 Å². The third-order valence-corrected chi connectivity index (χ3v) is 8.49. The smallest absolute Gasteiger partial charge is 0.254 e. The van der Waals surface area contributed by atoms with Gasteiger partial charge < -0.3 is 24.5 Å². The fraction of sp³-hybridized carbons (Fsp3) is 0.429. The number of likely N-dealkylation sites (tertiary alicyclic amines) is 1. The molecular formula is C28H31N5O2. The topological polar surface area (TPSA) is 78.3 Å². The summed E-state index contributed by atoms with van der Waals surface area (Å²) in [5.74, 6) is 2.75. The number of carbonyl (C=O) groups excluding carboxylic acids is 1. The van der Waals surface area contributed by atoms with Crippen molar-refractivity contribution >= 4 is 27.8 Å². The maximum Gasteiger partial charge on any atom is 0.254 e. The van der Waals surface area contributed by atoms with E-state index in [-0.39, 0.29) is 18.0 Å². The van der Waals surface area contributed by atoms with E-state index in [1.54, 1.807) is 7.11 Å². The molecule has 1 saturated heterocycles. The maximum absolute atomic E-state index is 13.5. The number of ether oxygens (including phenoxy) is 1. The minimum Gasteiger partial charge on any atom is -0.494 e. The third kappa shape index (κ3) is 3.14. The molecule has 1 aliphatic heterocycles. The predicted molar refractivity (Wildman–Crippen MR) is 136 cm³/mol. The van der Waals surface area contributed by atoms with Crippen LogP contribution in [0.3, 0.4) is 0 Å². The summed E-state index contributed by atoms with van der Waals surface area (Å²) in [6, 6.07) is 14.8. The molecule has 3 atom stereocenters. The summed E-state index contributed by atoms with van der Waals surface area (Å²) in [6.45, 7) is 1.75. The highest BCUT2D eigenvalue weighted by molar-refractivity contribution is 6.00. The molecule has 2 bridgehead atoms. The Balaban J connectivity index is 1.35. The fourth-order valence-electron chi connectivity index (χ4n) is 6.42. The Morgan fingerprint density at radius 1 is 1.14 bits per heavy atom. The molecule has 0 radical (unpaired) electrons. The minimum atomic E-state index is 0.0305. The van der Waals surface area contributed by atoms with Crippen LogP contribution in [0, 0.1) is 11.8 Å². The quantitative estimate of drug-likeness (QED) is 0.476. The molecule has 3 aliphatic rings. The molecule has 0 spiro atoms. The SMILES string of the molecule is COc1cc(C(=O)N2C[C@H]3CC[C@@H]2[C@@H]3N)cc2nc(-c3cc4ccccc4n3CC3CC3)n(C)c12. The van der Waals surface area contributed by atoms with Crippen LogP contribution < -0.4 is 10.5 Å². The van der Waals surface area contributed by atoms with Gasteiger partial charge in [-0.15, -0.1) is 0 Å². The number of aryl methyl sites for hydroxylation is 1. The predicted octanol–water partition coefficient (Wildman–Crippen LogP) is 4.18. The van der Waals surface area contributed by atoms with Crippen LogP contribution in [0.4, 0.5) is 0 Å². The summed E-state index contributed by atoms with van der Waals surface area (Å²) in [4.78, 5) is 20.6. The lowest BCUT2D eigenvalue weighted by Crippen LogP contribution is -2.41. The number of hydrogen-bond acceptors (Lipinski definition) is 4. The van der Waals surface area contributed by atoms with E-state index in [4.69, 9.17) is 15.5 Å². The molecule has 1 amide bonds. The molecule has 2 aromatic heterocycles. The molecule has 2 aromatic carbocycles. The number of benzene rings is 2. The highest BCUT2D eigenvalue weighted by atomic mass is 16.5. The van der Waals surface area contributed by atoms with Crippen molar-refractivity contribution in [3.8, 4) is 17.3 Å². The van der Waals surface area contributed by atoms with Crippen molar-refractivity contribution < 1.29 is 9.53 Å². The average Bonchev–Trinajstić information content (AvgIpc) is 3.27. The number of aromatic nitrogens is 3. The standard InChI is InChI=1S/C28H31N5O2/c1-31-26-20(11-19(13-24(26)35-2)28(34)33-15-18-9-10-22(33)25(18)29)30-27(31)23-12-17-5-3-4-6-21(17)32(23)14-16-7-8-16/h3-6,11-13,16,18,22,25H,7-10,14-15,29H2,1-2H3/t18-,22-,25-/m1/s1. The van der Waals surface area contributed by atoms with Crippen LogP contribution in [0.1, 0.15) is 36.0 Å². The monoisotopic (exact) mass is 469 g/mol. The molecule has 7 rings (SSSR count). The number of fused-ring (bicyclic) bond motifs is 4. The molecule has 180 valence electrons. The molecule has 2 aliphatic carbocycles. The van der Waals surface area contributed by atoms with E-state index in [2.05, 4.69) is 39.5 Å². The lowest BCUT2D eigenvalue weighted by atomic mass is 10.1. The van der Waals surface area contributed by atoms with Crippen molar-refractivity contribution in [3.05, 3.63) is 48.0 Å². The molecule has 3 fully saturated rings. The van der Waals surface area contributed by atoms with Crippen LogP contribution in [0.2, 0.25) is 0 Å². The first-order chi connectivity index (χ1) is 17.0. The zero-order valence-electron chi connectivity index (χ0n) is 20.3. The Morgan fingerprint density at radius 3 is 2.69 bits per heavy atom. The summed E-state index contributed by atoms with van der Waals surface area (Å²) in [5, 5.41) is 1.22. The zero-order chi connectivity index (χ0) is 23.8. The largest absolute Gasteiger partial charge is 0.494 e. The Hall–Kier alpha value is -3.32. The Labute approximate surface area is 204 Å². The van der Waals surface area contributed by atoms with Gasteiger partial charge in [0.25, 0.3) is 5.91 Å². The van der Waals surface area contributed by atoms with Gasteiger partial charge in [0.05, 0.1) is 18.3 Å². The molecule has 7 heteroatoms. The summed E-state index contributed by atoms with van der Waals surface area (Å²) in [6.07, 6.45) is 4.69. The van der Waals surface area contributed by atoms with Crippen LogP contribution in [0.25, 0.3) is 33.5 Å². The molecule has 2 N–H and O–H groups in total. The molecular weight excluding hydrogens is 438 g/mol. The number of piperidine rings is 1. The number of carbonyl (C=O) groups is 1. The van der Waals surface area contributed by atoms with Gasteiger partial charge in [-0.05, 0) is 61.8 Å². The van der Waals surface area contributed by atoms with Crippen LogP contribution in [0.15, 0.2) is 42.5 Å². The van der Waals surface area contributed by atoms with Crippen molar-refractivity contribution in [2.24, 2.45) is 24.6 Å². The van der Waals surface area contributed by atoms with Crippen molar-refractivity contribution in [1.29, 1.82) is 0 Å². The van der Waals surface area contributed by atoms with Crippen LogP contribution in [-0.2, 0) is 13.6 Å². The number of para-hydroxylation sites is 1. The van der Waals surface area contributed by atoms with E-state index < -0.39 is 0 Å². The number of rotatable bonds is 5. The van der Waals surface area contributed by atoms with E-state index in [9.17, 15) is 4.79 Å². The van der Waals surface area contributed by atoms with Gasteiger partial charge in [0.15, 0.2) is 5.82 Å². The number of nitrogens with zero attached hydrogens (tertiary/aromatic N) is 4. The number of amides is 1. The van der Waals surface area contributed by atoms with E-state index in [0.717, 1.165) is 54.4 Å². The first-order valence-corrected chi connectivity index (χ1v) is 12.7. The second-order valence-corrected chi connectivity index (χ2v) is 10.6. The van der Waals surface area contributed by atoms with Gasteiger partial charge in [0, 0.05) is 48.7 Å². The maximum atomic E-state index is 13.5. The van der Waals surface area contributed by atoms with E-state index in [1.165, 1.54) is 23.7 Å². The summed E-state index contributed by atoms with van der Waals surface area (Å²) < 4.78 is 10.3. The van der Waals surface area contributed by atoms with Gasteiger partial charge in [-0.1, -0.05) is 18.2 Å². The van der Waals surface area contributed by atoms with Crippen LogP contribution in [-0.4, -0.2) is 50.7 Å². The van der Waals surface area contributed by atoms with Gasteiger partial charge >= 0.3 is 0 Å². The first-order valence-electron chi connectivity index (χ1n) is 12.7. The van der Waals surface area contributed by atoms with E-state index in [1.807, 2.05) is 24.1 Å². The van der Waals surface area contributed by atoms with Gasteiger partial charge in [0.1, 0.15) is 11.3 Å². The molecule has 4 aromatic rings. The fourth-order valence-corrected chi connectivity index (χ4v) is 6.42. The van der Waals surface area contributed by atoms with Gasteiger partial charge in [-0.25, -0.2) is 4.98 Å². The third-order valence-electron chi connectivity index (χ3n) is 8.49. The summed E-state index contributed by atoms with van der Waals surface area (Å²) in [7, 11) is 3.69. The first kappa shape index (κ1) is 21.0. The number of imidazole rings is 1. The molecule has 7 nitrogen and oxygen atoms in total. The number of nitrogens with two attached hydrogens (primary N) is 1. The van der Waals surface area contributed by atoms with Crippen molar-refractivity contribution in [2.75, 3.05) is 13.7 Å². The Kier molecular flexibility index (Phi) is 4.55. The van der Waals surface area contributed by atoms with Crippen molar-refractivity contribution in [1.82, 2.24) is 19.0 Å². The van der Waals surface area contributed by atoms with E-state index >= 15 is 0 Å². The Morgan fingerprint density at radius 2 is 1.97 bits per heavy atom. The van der Waals surface area contributed by atoms with Gasteiger partial charge in [0.2, 0.25) is 0 Å². The van der Waals surface area contributed by atoms with Gasteiger partial charge in [-0.2, -0.15) is 0 Å². The Bertz CT molecular complexity index is 1480. The van der Waals surface area contributed by atoms with Crippen LogP contribution in [0.5, 0.6) is 5.75 Å². The highest BCUT2D eigenvalue weighted by Gasteiger charge is 2.47. The number of hydrogen-bond donors (Lipinski definition) is 1. The normalized spacial score (nSPS) is 23.6. The summed E-state index contributed by atoms with van der Waals surface area (Å²) in [5.41, 5.74) is 11.0. The zero-order valence-corrected chi connectivity index (χ0v) is 20.3. The minimum absolute atomic E-state index is 0.0305. The molecule has 35 heavy (non-hydrogen) atoms. The molecule has 2 saturated carbocycles.